The molecule has 16 nitrogen and oxygen atoms in total. The molecule has 16 heteroatoms. The minimum atomic E-state index is -2.43. The Labute approximate surface area is 192 Å². The topological polar surface area (TPSA) is 269 Å². The SMILES string of the molecule is OC[C@H]1O[C@@H](O[C@@H]2[C@@H](CO)O[C@@](CO)(O[C@H]3O[C@H](CO)[C@@H](O)[C@H](O)[C@H]3O)[C@H]2O)[C@H](O)[C@@H](O)[C@H]1O. The number of aliphatic hydroxyl groups is 11. The predicted octanol–water partition coefficient (Wildman–Crippen LogP) is -7.57. The Bertz CT molecular complexity index is 651. The van der Waals surface area contributed by atoms with Crippen LogP contribution in [-0.4, -0.2) is 168 Å². The fourth-order valence-electron chi connectivity index (χ4n) is 4.11. The molecule has 200 valence electrons. The van der Waals surface area contributed by atoms with E-state index in [0.717, 1.165) is 0 Å². The summed E-state index contributed by atoms with van der Waals surface area (Å²) < 4.78 is 26.8. The molecule has 0 aromatic heterocycles. The number of hydrogen-bond donors (Lipinski definition) is 11. The van der Waals surface area contributed by atoms with Gasteiger partial charge in [-0.05, 0) is 0 Å². The predicted molar refractivity (Wildman–Crippen MR) is 101 cm³/mol. The van der Waals surface area contributed by atoms with Gasteiger partial charge in [0.05, 0.1) is 19.8 Å². The summed E-state index contributed by atoms with van der Waals surface area (Å²) in [6.07, 6.45) is -22.0. The molecule has 3 saturated heterocycles. The zero-order valence-electron chi connectivity index (χ0n) is 17.8. The summed E-state index contributed by atoms with van der Waals surface area (Å²) in [5, 5.41) is 109. The van der Waals surface area contributed by atoms with Gasteiger partial charge in [-0.15, -0.1) is 0 Å². The van der Waals surface area contributed by atoms with E-state index in [1.54, 1.807) is 0 Å². The van der Waals surface area contributed by atoms with Crippen LogP contribution >= 0.6 is 0 Å². The number of aliphatic hydroxyl groups excluding tert-OH is 11. The van der Waals surface area contributed by atoms with Crippen LogP contribution in [-0.2, 0) is 23.7 Å². The third kappa shape index (κ3) is 4.96. The summed E-state index contributed by atoms with van der Waals surface area (Å²) in [5.74, 6) is -2.43. The van der Waals surface area contributed by atoms with E-state index in [1.807, 2.05) is 0 Å². The molecule has 0 aromatic carbocycles. The van der Waals surface area contributed by atoms with E-state index in [0.29, 0.717) is 0 Å². The van der Waals surface area contributed by atoms with Crippen LogP contribution < -0.4 is 0 Å². The van der Waals surface area contributed by atoms with Crippen LogP contribution in [0, 0.1) is 0 Å². The van der Waals surface area contributed by atoms with Crippen molar-refractivity contribution in [3.63, 3.8) is 0 Å². The maximum absolute atomic E-state index is 10.9. The maximum Gasteiger partial charge on any atom is 0.224 e. The molecular weight excluding hydrogens is 472 g/mol. The highest BCUT2D eigenvalue weighted by molar-refractivity contribution is 5.00. The minimum Gasteiger partial charge on any atom is -0.394 e. The van der Waals surface area contributed by atoms with Crippen molar-refractivity contribution in [1.29, 1.82) is 0 Å². The molecule has 3 rings (SSSR count). The van der Waals surface area contributed by atoms with Crippen LogP contribution in [0.25, 0.3) is 0 Å². The van der Waals surface area contributed by atoms with Crippen LogP contribution in [0.1, 0.15) is 0 Å². The zero-order valence-corrected chi connectivity index (χ0v) is 17.8. The van der Waals surface area contributed by atoms with Crippen molar-refractivity contribution in [3.05, 3.63) is 0 Å². The molecule has 0 radical (unpaired) electrons. The van der Waals surface area contributed by atoms with E-state index in [4.69, 9.17) is 23.7 Å². The molecule has 0 aliphatic carbocycles. The van der Waals surface area contributed by atoms with Crippen molar-refractivity contribution < 1.29 is 79.9 Å². The van der Waals surface area contributed by atoms with Crippen molar-refractivity contribution in [2.24, 2.45) is 0 Å². The fourth-order valence-corrected chi connectivity index (χ4v) is 4.11. The molecule has 0 unspecified atom stereocenters. The van der Waals surface area contributed by atoms with Crippen LogP contribution in [0.2, 0.25) is 0 Å². The second-order valence-electron chi connectivity index (χ2n) is 8.37. The van der Waals surface area contributed by atoms with Gasteiger partial charge in [-0.3, -0.25) is 0 Å². The average molecular weight is 504 g/mol. The van der Waals surface area contributed by atoms with Gasteiger partial charge in [0.25, 0.3) is 0 Å². The Kier molecular flexibility index (Phi) is 9.18. The number of rotatable bonds is 8. The second kappa shape index (κ2) is 11.2. The maximum atomic E-state index is 10.9. The number of hydrogen-bond acceptors (Lipinski definition) is 16. The van der Waals surface area contributed by atoms with Crippen LogP contribution in [0.5, 0.6) is 0 Å². The number of ether oxygens (including phenoxy) is 5. The van der Waals surface area contributed by atoms with E-state index < -0.39 is 112 Å². The van der Waals surface area contributed by atoms with Gasteiger partial charge in [0, 0.05) is 0 Å². The first-order valence-electron chi connectivity index (χ1n) is 10.6. The molecule has 0 amide bonds. The molecule has 3 fully saturated rings. The van der Waals surface area contributed by atoms with Gasteiger partial charge in [0.1, 0.15) is 73.8 Å². The largest absolute Gasteiger partial charge is 0.394 e. The van der Waals surface area contributed by atoms with Gasteiger partial charge in [-0.1, -0.05) is 0 Å². The first-order valence-corrected chi connectivity index (χ1v) is 10.6. The molecule has 11 N–H and O–H groups in total. The molecule has 3 heterocycles. The fraction of sp³-hybridized carbons (Fsp3) is 1.00. The third-order valence-electron chi connectivity index (χ3n) is 6.18. The summed E-state index contributed by atoms with van der Waals surface area (Å²) in [4.78, 5) is 0. The quantitative estimate of drug-likeness (QED) is 0.146. The minimum absolute atomic E-state index is 0.751. The Morgan fingerprint density at radius 1 is 0.588 bits per heavy atom. The van der Waals surface area contributed by atoms with Crippen molar-refractivity contribution in [2.45, 2.75) is 85.5 Å². The van der Waals surface area contributed by atoms with Gasteiger partial charge in [-0.2, -0.15) is 0 Å². The molecule has 0 aromatic rings. The molecule has 0 bridgehead atoms. The average Bonchev–Trinajstić information content (AvgIpc) is 3.10. The Morgan fingerprint density at radius 2 is 1.06 bits per heavy atom. The molecule has 0 saturated carbocycles. The van der Waals surface area contributed by atoms with Crippen LogP contribution in [0.15, 0.2) is 0 Å². The summed E-state index contributed by atoms with van der Waals surface area (Å²) in [5.41, 5.74) is 0. The van der Waals surface area contributed by atoms with E-state index in [9.17, 15) is 56.2 Å². The normalized spacial score (nSPS) is 52.1. The molecule has 34 heavy (non-hydrogen) atoms. The summed E-state index contributed by atoms with van der Waals surface area (Å²) in [6.45, 7) is -3.45. The van der Waals surface area contributed by atoms with Crippen molar-refractivity contribution in [1.82, 2.24) is 0 Å². The highest BCUT2D eigenvalue weighted by atomic mass is 16.8. The lowest BCUT2D eigenvalue weighted by Gasteiger charge is -2.43. The summed E-state index contributed by atoms with van der Waals surface area (Å²) in [7, 11) is 0. The monoisotopic (exact) mass is 504 g/mol. The third-order valence-corrected chi connectivity index (χ3v) is 6.18. The Hall–Kier alpha value is -0.640. The molecular formula is C18H32O16. The van der Waals surface area contributed by atoms with Crippen molar-refractivity contribution >= 4 is 0 Å². The smallest absolute Gasteiger partial charge is 0.224 e. The lowest BCUT2D eigenvalue weighted by Crippen LogP contribution is -2.63. The van der Waals surface area contributed by atoms with Crippen molar-refractivity contribution in [3.8, 4) is 0 Å². The van der Waals surface area contributed by atoms with Crippen LogP contribution in [0.3, 0.4) is 0 Å². The molecule has 0 spiro atoms. The van der Waals surface area contributed by atoms with E-state index in [2.05, 4.69) is 0 Å². The van der Waals surface area contributed by atoms with Gasteiger partial charge in [0.15, 0.2) is 12.6 Å². The molecule has 3 aliphatic heterocycles. The van der Waals surface area contributed by atoms with Gasteiger partial charge < -0.3 is 79.9 Å². The molecule has 14 atom stereocenters. The van der Waals surface area contributed by atoms with E-state index >= 15 is 0 Å². The highest BCUT2D eigenvalue weighted by Gasteiger charge is 2.60. The van der Waals surface area contributed by atoms with Gasteiger partial charge >= 0.3 is 0 Å². The first kappa shape index (κ1) is 27.9. The summed E-state index contributed by atoms with van der Waals surface area (Å²) in [6, 6.07) is 0. The van der Waals surface area contributed by atoms with Gasteiger partial charge in [0.2, 0.25) is 5.79 Å². The summed E-state index contributed by atoms with van der Waals surface area (Å²) >= 11 is 0. The van der Waals surface area contributed by atoms with E-state index in [-0.39, 0.29) is 0 Å². The van der Waals surface area contributed by atoms with E-state index in [1.165, 1.54) is 0 Å². The lowest BCUT2D eigenvalue weighted by molar-refractivity contribution is -0.384. The van der Waals surface area contributed by atoms with Gasteiger partial charge in [-0.25, -0.2) is 0 Å². The molecule has 3 aliphatic rings. The standard InChI is InChI=1S/C18H32O16/c19-1-5-8(23)10(25)12(27)16(30-5)32-14-7(3-21)33-18(4-22,15(14)29)34-17-13(28)11(26)9(24)6(2-20)31-17/h5-17,19-29H,1-4H2/t5-,6-,7-,8+,9-,10+,11+,12-,13-,14-,15+,16+,17-,18+/m1/s1. The second-order valence-corrected chi connectivity index (χ2v) is 8.37. The lowest BCUT2D eigenvalue weighted by atomic mass is 9.98. The van der Waals surface area contributed by atoms with Crippen LogP contribution in [0.4, 0.5) is 0 Å². The first-order chi connectivity index (χ1) is 16.0. The Morgan fingerprint density at radius 3 is 1.53 bits per heavy atom. The van der Waals surface area contributed by atoms with Crippen molar-refractivity contribution in [2.75, 3.05) is 26.4 Å². The zero-order chi connectivity index (χ0) is 25.4. The highest BCUT2D eigenvalue weighted by Crippen LogP contribution is 2.38. The Balaban J connectivity index is 1.79.